The van der Waals surface area contributed by atoms with E-state index in [1.165, 1.54) is 11.3 Å². The van der Waals surface area contributed by atoms with E-state index < -0.39 is 5.91 Å². The van der Waals surface area contributed by atoms with E-state index in [0.29, 0.717) is 57.5 Å². The highest BCUT2D eigenvalue weighted by Gasteiger charge is 2.21. The molecule has 1 saturated heterocycles. The Morgan fingerprint density at radius 2 is 1.81 bits per heavy atom. The zero-order valence-electron chi connectivity index (χ0n) is 16.4. The van der Waals surface area contributed by atoms with Crippen molar-refractivity contribution in [3.8, 4) is 0 Å². The van der Waals surface area contributed by atoms with Crippen molar-refractivity contribution < 1.29 is 14.3 Å². The molecule has 0 aliphatic carbocycles. The lowest BCUT2D eigenvalue weighted by Gasteiger charge is -2.27. The normalized spacial score (nSPS) is 13.8. The summed E-state index contributed by atoms with van der Waals surface area (Å²) in [5, 5.41) is 7.50. The molecule has 0 spiro atoms. The number of nitrogens with zero attached hydrogens (tertiary/aromatic N) is 1. The predicted molar refractivity (Wildman–Crippen MR) is 134 cm³/mol. The number of fused-ring (bicyclic) bond motifs is 1. The third kappa shape index (κ3) is 5.01. The fourth-order valence-corrected chi connectivity index (χ4v) is 5.26. The summed E-state index contributed by atoms with van der Waals surface area (Å²) in [6.45, 7) is 2.07. The fraction of sp³-hybridized carbons (Fsp3) is 0.190. The van der Waals surface area contributed by atoms with Crippen molar-refractivity contribution in [2.45, 2.75) is 0 Å². The van der Waals surface area contributed by atoms with Crippen LogP contribution in [0.15, 0.2) is 36.4 Å². The number of thiocarbonyl (C=S) groups is 1. The number of nitrogens with one attached hydrogen (secondary N) is 2. The van der Waals surface area contributed by atoms with Gasteiger partial charge in [-0.2, -0.15) is 0 Å². The Bertz CT molecular complexity index is 1230. The van der Waals surface area contributed by atoms with Gasteiger partial charge in [0.1, 0.15) is 4.88 Å². The minimum Gasteiger partial charge on any atom is -0.378 e. The van der Waals surface area contributed by atoms with E-state index in [4.69, 9.17) is 51.8 Å². The van der Waals surface area contributed by atoms with Gasteiger partial charge in [0.2, 0.25) is 0 Å². The smallest absolute Gasteiger partial charge is 0.269 e. The van der Waals surface area contributed by atoms with Crippen LogP contribution < -0.4 is 10.6 Å². The summed E-state index contributed by atoms with van der Waals surface area (Å²) in [7, 11) is 0. The quantitative estimate of drug-likeness (QED) is 0.442. The number of thiophene rings is 1. The van der Waals surface area contributed by atoms with Crippen molar-refractivity contribution in [1.29, 1.82) is 0 Å². The van der Waals surface area contributed by atoms with Crippen LogP contribution in [0.5, 0.6) is 0 Å². The first kappa shape index (κ1) is 23.2. The Morgan fingerprint density at radius 3 is 2.56 bits per heavy atom. The minimum atomic E-state index is -0.457. The van der Waals surface area contributed by atoms with Crippen LogP contribution in [0.4, 0.5) is 5.69 Å². The molecule has 11 heteroatoms. The topological polar surface area (TPSA) is 70.7 Å². The van der Waals surface area contributed by atoms with Crippen LogP contribution in [0, 0.1) is 0 Å². The fourth-order valence-electron chi connectivity index (χ4n) is 3.20. The summed E-state index contributed by atoms with van der Waals surface area (Å²) in [5.74, 6) is -0.583. The number of benzene rings is 2. The second-order valence-corrected chi connectivity index (χ2v) is 9.58. The zero-order chi connectivity index (χ0) is 22.8. The average Bonchev–Trinajstić information content (AvgIpc) is 3.11. The number of halogens is 3. The lowest BCUT2D eigenvalue weighted by Crippen LogP contribution is -2.40. The van der Waals surface area contributed by atoms with Gasteiger partial charge in [-0.05, 0) is 42.5 Å². The minimum absolute atomic E-state index is 0.0272. The first-order chi connectivity index (χ1) is 15.3. The van der Waals surface area contributed by atoms with Crippen molar-refractivity contribution in [2.75, 3.05) is 31.6 Å². The molecule has 2 amide bonds. The molecule has 0 saturated carbocycles. The van der Waals surface area contributed by atoms with Gasteiger partial charge in [0, 0.05) is 33.8 Å². The van der Waals surface area contributed by atoms with Gasteiger partial charge in [-0.3, -0.25) is 14.9 Å². The predicted octanol–water partition coefficient (Wildman–Crippen LogP) is 5.46. The number of rotatable bonds is 3. The summed E-state index contributed by atoms with van der Waals surface area (Å²) in [5.41, 5.74) is 0.864. The van der Waals surface area contributed by atoms with Crippen LogP contribution in [-0.4, -0.2) is 48.1 Å². The summed E-state index contributed by atoms with van der Waals surface area (Å²) in [6.07, 6.45) is 0. The van der Waals surface area contributed by atoms with E-state index in [-0.39, 0.29) is 11.0 Å². The molecular weight excluding hydrogens is 513 g/mol. The second-order valence-electron chi connectivity index (χ2n) is 6.89. The third-order valence-electron chi connectivity index (χ3n) is 4.78. The molecule has 166 valence electrons. The summed E-state index contributed by atoms with van der Waals surface area (Å²) >= 11 is 25.2. The van der Waals surface area contributed by atoms with E-state index >= 15 is 0 Å². The van der Waals surface area contributed by atoms with Gasteiger partial charge in [-0.25, -0.2) is 0 Å². The van der Waals surface area contributed by atoms with Crippen molar-refractivity contribution in [2.24, 2.45) is 0 Å². The Balaban J connectivity index is 1.47. The SMILES string of the molecule is O=C(NC(=S)Nc1cc(C(=O)N2CCOCC2)ccc1Cl)c1sc2cc(Cl)ccc2c1Cl. The molecule has 1 aromatic heterocycles. The van der Waals surface area contributed by atoms with Crippen LogP contribution in [0.3, 0.4) is 0 Å². The first-order valence-corrected chi connectivity index (χ1v) is 11.9. The number of morpholine rings is 1. The summed E-state index contributed by atoms with van der Waals surface area (Å²) < 4.78 is 6.08. The lowest BCUT2D eigenvalue weighted by molar-refractivity contribution is 0.0303. The largest absolute Gasteiger partial charge is 0.378 e. The van der Waals surface area contributed by atoms with Crippen molar-refractivity contribution in [3.05, 3.63) is 61.9 Å². The zero-order valence-corrected chi connectivity index (χ0v) is 20.3. The van der Waals surface area contributed by atoms with E-state index in [2.05, 4.69) is 10.6 Å². The van der Waals surface area contributed by atoms with Gasteiger partial charge in [0.05, 0.1) is 28.9 Å². The van der Waals surface area contributed by atoms with Gasteiger partial charge in [0.25, 0.3) is 11.8 Å². The van der Waals surface area contributed by atoms with Crippen LogP contribution in [0.2, 0.25) is 15.1 Å². The maximum atomic E-state index is 12.7. The Hall–Kier alpha value is -1.94. The molecule has 0 bridgehead atoms. The number of hydrogen-bond donors (Lipinski definition) is 2. The molecule has 0 unspecified atom stereocenters. The molecule has 32 heavy (non-hydrogen) atoms. The van der Waals surface area contributed by atoms with Gasteiger partial charge in [0.15, 0.2) is 5.11 Å². The molecule has 2 aromatic carbocycles. The highest BCUT2D eigenvalue weighted by molar-refractivity contribution is 7.80. The first-order valence-electron chi connectivity index (χ1n) is 9.50. The molecule has 2 N–H and O–H groups in total. The molecule has 1 fully saturated rings. The molecule has 6 nitrogen and oxygen atoms in total. The Kier molecular flexibility index (Phi) is 7.19. The molecule has 3 aromatic rings. The molecule has 4 rings (SSSR count). The molecule has 1 aliphatic heterocycles. The number of ether oxygens (including phenoxy) is 1. The standard InChI is InChI=1S/C21H16Cl3N3O3S2/c22-12-2-3-13-16(10-12)32-18(17(13)24)19(28)26-21(31)25-15-9-11(1-4-14(15)23)20(29)27-5-7-30-8-6-27/h1-4,9-10H,5-8H2,(H2,25,26,28,31). The number of carbonyl (C=O) groups is 2. The third-order valence-corrected chi connectivity index (χ3v) is 7.21. The average molecular weight is 529 g/mol. The van der Waals surface area contributed by atoms with Crippen LogP contribution in [0.25, 0.3) is 10.1 Å². The van der Waals surface area contributed by atoms with Crippen LogP contribution in [0.1, 0.15) is 20.0 Å². The highest BCUT2D eigenvalue weighted by atomic mass is 35.5. The van der Waals surface area contributed by atoms with Gasteiger partial charge < -0.3 is 15.0 Å². The monoisotopic (exact) mass is 527 g/mol. The number of carbonyl (C=O) groups excluding carboxylic acids is 2. The van der Waals surface area contributed by atoms with Gasteiger partial charge >= 0.3 is 0 Å². The van der Waals surface area contributed by atoms with Crippen molar-refractivity contribution in [3.63, 3.8) is 0 Å². The molecule has 1 aliphatic rings. The number of amides is 2. The maximum absolute atomic E-state index is 12.7. The van der Waals surface area contributed by atoms with E-state index in [0.717, 1.165) is 10.1 Å². The number of anilines is 1. The van der Waals surface area contributed by atoms with E-state index in [1.807, 2.05) is 0 Å². The molecule has 0 atom stereocenters. The Labute approximate surface area is 208 Å². The highest BCUT2D eigenvalue weighted by Crippen LogP contribution is 2.36. The van der Waals surface area contributed by atoms with Crippen molar-refractivity contribution in [1.82, 2.24) is 10.2 Å². The summed E-state index contributed by atoms with van der Waals surface area (Å²) in [4.78, 5) is 27.5. The lowest BCUT2D eigenvalue weighted by atomic mass is 10.1. The molecule has 2 heterocycles. The van der Waals surface area contributed by atoms with Crippen LogP contribution >= 0.6 is 58.4 Å². The van der Waals surface area contributed by atoms with Crippen molar-refractivity contribution >= 4 is 91.1 Å². The molecule has 0 radical (unpaired) electrons. The number of hydrogen-bond acceptors (Lipinski definition) is 5. The van der Waals surface area contributed by atoms with Gasteiger partial charge in [-0.1, -0.05) is 40.9 Å². The Morgan fingerprint density at radius 1 is 1.06 bits per heavy atom. The van der Waals surface area contributed by atoms with E-state index in [9.17, 15) is 9.59 Å². The molecular formula is C21H16Cl3N3O3S2. The second kappa shape index (κ2) is 9.91. The summed E-state index contributed by atoms with van der Waals surface area (Å²) in [6, 6.07) is 10.1. The van der Waals surface area contributed by atoms with E-state index in [1.54, 1.807) is 41.3 Å². The van der Waals surface area contributed by atoms with Gasteiger partial charge in [-0.15, -0.1) is 11.3 Å². The maximum Gasteiger partial charge on any atom is 0.269 e. The van der Waals surface area contributed by atoms with Crippen LogP contribution in [-0.2, 0) is 4.74 Å².